The van der Waals surface area contributed by atoms with Crippen molar-refractivity contribution in [3.05, 3.63) is 42.2 Å². The Labute approximate surface area is 103 Å². The molecule has 94 valence electrons. The molecule has 0 saturated carbocycles. The largest absolute Gasteiger partial charge is 0.470 e. The molecule has 0 atom stereocenters. The number of nitrogens with one attached hydrogen (secondary N) is 1. The van der Waals surface area contributed by atoms with Crippen molar-refractivity contribution in [1.82, 2.24) is 4.90 Å². The predicted octanol–water partition coefficient (Wildman–Crippen LogP) is 1.83. The molecule has 2 rings (SSSR count). The summed E-state index contributed by atoms with van der Waals surface area (Å²) in [6, 6.07) is 3.05. The van der Waals surface area contributed by atoms with Gasteiger partial charge in [0.1, 0.15) is 6.26 Å². The van der Waals surface area contributed by atoms with E-state index in [2.05, 4.69) is 5.32 Å². The molecule has 6 nitrogen and oxygen atoms in total. The van der Waals surface area contributed by atoms with E-state index in [1.54, 1.807) is 20.2 Å². The van der Waals surface area contributed by atoms with Gasteiger partial charge >= 0.3 is 0 Å². The number of hydrogen-bond acceptors (Lipinski definition) is 4. The van der Waals surface area contributed by atoms with Gasteiger partial charge in [0.05, 0.1) is 23.8 Å². The molecule has 6 heteroatoms. The van der Waals surface area contributed by atoms with Crippen LogP contribution < -0.4 is 5.32 Å². The number of hydrogen-bond donors (Lipinski definition) is 1. The maximum atomic E-state index is 11.9. The molecule has 2 heterocycles. The van der Waals surface area contributed by atoms with E-state index in [9.17, 15) is 9.59 Å². The molecule has 0 aromatic carbocycles. The van der Waals surface area contributed by atoms with Crippen molar-refractivity contribution in [2.45, 2.75) is 0 Å². The minimum Gasteiger partial charge on any atom is -0.470 e. The lowest BCUT2D eigenvalue weighted by Gasteiger charge is -2.09. The predicted molar refractivity (Wildman–Crippen MR) is 63.4 cm³/mol. The van der Waals surface area contributed by atoms with Gasteiger partial charge in [-0.1, -0.05) is 0 Å². The first-order valence-electron chi connectivity index (χ1n) is 5.22. The second-order valence-corrected chi connectivity index (χ2v) is 3.83. The molecule has 18 heavy (non-hydrogen) atoms. The number of amides is 2. The van der Waals surface area contributed by atoms with Crippen LogP contribution in [0.5, 0.6) is 0 Å². The molecule has 0 aliphatic heterocycles. The summed E-state index contributed by atoms with van der Waals surface area (Å²) >= 11 is 0. The van der Waals surface area contributed by atoms with E-state index in [1.807, 2.05) is 0 Å². The Kier molecular flexibility index (Phi) is 3.18. The number of carbonyl (C=O) groups is 2. The molecule has 1 N–H and O–H groups in total. The van der Waals surface area contributed by atoms with Gasteiger partial charge < -0.3 is 19.1 Å². The van der Waals surface area contributed by atoms with E-state index >= 15 is 0 Å². The zero-order chi connectivity index (χ0) is 13.1. The molecule has 2 aromatic rings. The van der Waals surface area contributed by atoms with Gasteiger partial charge in [0.2, 0.25) is 5.76 Å². The first-order chi connectivity index (χ1) is 8.59. The standard InChI is InChI=1S/C12H12N2O4/c1-14(2)12(16)10-9(4-6-18-10)11(15)13-8-3-5-17-7-8/h3-7H,1-2H3,(H,13,15). The van der Waals surface area contributed by atoms with Crippen LogP contribution in [0.25, 0.3) is 0 Å². The lowest BCUT2D eigenvalue weighted by molar-refractivity contribution is 0.0790. The van der Waals surface area contributed by atoms with Gasteiger partial charge in [-0.15, -0.1) is 0 Å². The number of carbonyl (C=O) groups excluding carboxylic acids is 2. The van der Waals surface area contributed by atoms with E-state index in [0.717, 1.165) is 0 Å². The summed E-state index contributed by atoms with van der Waals surface area (Å²) in [4.78, 5) is 25.0. The van der Waals surface area contributed by atoms with Gasteiger partial charge in [-0.2, -0.15) is 0 Å². The molecule has 0 fully saturated rings. The van der Waals surface area contributed by atoms with E-state index in [-0.39, 0.29) is 17.2 Å². The second-order valence-electron chi connectivity index (χ2n) is 3.83. The summed E-state index contributed by atoms with van der Waals surface area (Å²) in [6.07, 6.45) is 4.14. The first kappa shape index (κ1) is 12.0. The Morgan fingerprint density at radius 3 is 2.61 bits per heavy atom. The molecule has 2 amide bonds. The third-order valence-corrected chi connectivity index (χ3v) is 2.29. The summed E-state index contributed by atoms with van der Waals surface area (Å²) < 4.78 is 9.89. The fraction of sp³-hybridized carbons (Fsp3) is 0.167. The highest BCUT2D eigenvalue weighted by atomic mass is 16.3. The molecule has 0 radical (unpaired) electrons. The van der Waals surface area contributed by atoms with Gasteiger partial charge in [0.25, 0.3) is 11.8 Å². The summed E-state index contributed by atoms with van der Waals surface area (Å²) in [5, 5.41) is 2.60. The number of nitrogens with zero attached hydrogens (tertiary/aromatic N) is 1. The SMILES string of the molecule is CN(C)C(=O)c1occc1C(=O)Nc1ccoc1. The van der Waals surface area contributed by atoms with E-state index in [0.29, 0.717) is 5.69 Å². The molecule has 0 bridgehead atoms. The quantitative estimate of drug-likeness (QED) is 0.899. The van der Waals surface area contributed by atoms with E-state index in [1.165, 1.54) is 29.8 Å². The molecule has 2 aromatic heterocycles. The first-order valence-corrected chi connectivity index (χ1v) is 5.22. The third kappa shape index (κ3) is 2.27. The summed E-state index contributed by atoms with van der Waals surface area (Å²) in [5.41, 5.74) is 0.708. The summed E-state index contributed by atoms with van der Waals surface area (Å²) in [6.45, 7) is 0. The molecule has 0 unspecified atom stereocenters. The molecular formula is C12H12N2O4. The van der Waals surface area contributed by atoms with Crippen LogP contribution in [0, 0.1) is 0 Å². The lowest BCUT2D eigenvalue weighted by atomic mass is 10.2. The molecule has 0 aliphatic rings. The van der Waals surface area contributed by atoms with Crippen molar-refractivity contribution in [2.75, 3.05) is 19.4 Å². The van der Waals surface area contributed by atoms with Crippen LogP contribution in [-0.4, -0.2) is 30.8 Å². The Morgan fingerprint density at radius 2 is 2.00 bits per heavy atom. The molecule has 0 spiro atoms. The number of furan rings is 2. The van der Waals surface area contributed by atoms with Crippen LogP contribution in [0.15, 0.2) is 39.8 Å². The Hall–Kier alpha value is -2.50. The Balaban J connectivity index is 2.21. The Morgan fingerprint density at radius 1 is 1.22 bits per heavy atom. The van der Waals surface area contributed by atoms with Crippen molar-refractivity contribution < 1.29 is 18.4 Å². The van der Waals surface area contributed by atoms with E-state index in [4.69, 9.17) is 8.83 Å². The average molecular weight is 248 g/mol. The van der Waals surface area contributed by atoms with Crippen LogP contribution in [0.2, 0.25) is 0 Å². The van der Waals surface area contributed by atoms with Crippen molar-refractivity contribution in [3.63, 3.8) is 0 Å². The minimum absolute atomic E-state index is 0.0148. The van der Waals surface area contributed by atoms with Gasteiger partial charge in [0, 0.05) is 14.1 Å². The van der Waals surface area contributed by atoms with Gasteiger partial charge in [-0.05, 0) is 12.1 Å². The highest BCUT2D eigenvalue weighted by molar-refractivity contribution is 6.10. The zero-order valence-corrected chi connectivity index (χ0v) is 9.97. The van der Waals surface area contributed by atoms with Gasteiger partial charge in [0.15, 0.2) is 0 Å². The number of anilines is 1. The molecular weight excluding hydrogens is 236 g/mol. The zero-order valence-electron chi connectivity index (χ0n) is 9.97. The number of rotatable bonds is 3. The van der Waals surface area contributed by atoms with Crippen molar-refractivity contribution in [1.29, 1.82) is 0 Å². The van der Waals surface area contributed by atoms with Gasteiger partial charge in [-0.3, -0.25) is 9.59 Å². The second kappa shape index (κ2) is 4.79. The summed E-state index contributed by atoms with van der Waals surface area (Å²) in [7, 11) is 3.17. The van der Waals surface area contributed by atoms with Crippen LogP contribution in [0.1, 0.15) is 20.9 Å². The topological polar surface area (TPSA) is 75.7 Å². The average Bonchev–Trinajstić information content (AvgIpc) is 2.97. The normalized spacial score (nSPS) is 10.1. The van der Waals surface area contributed by atoms with E-state index < -0.39 is 5.91 Å². The molecule has 0 saturated heterocycles. The van der Waals surface area contributed by atoms with Crippen molar-refractivity contribution in [3.8, 4) is 0 Å². The smallest absolute Gasteiger partial charge is 0.289 e. The molecule has 0 aliphatic carbocycles. The fourth-order valence-electron chi connectivity index (χ4n) is 1.39. The van der Waals surface area contributed by atoms with Crippen LogP contribution in [0.4, 0.5) is 5.69 Å². The third-order valence-electron chi connectivity index (χ3n) is 2.29. The maximum Gasteiger partial charge on any atom is 0.289 e. The Bertz CT molecular complexity index is 554. The van der Waals surface area contributed by atoms with Crippen LogP contribution in [0.3, 0.4) is 0 Å². The van der Waals surface area contributed by atoms with Crippen LogP contribution in [-0.2, 0) is 0 Å². The van der Waals surface area contributed by atoms with Crippen molar-refractivity contribution in [2.24, 2.45) is 0 Å². The van der Waals surface area contributed by atoms with Gasteiger partial charge in [-0.25, -0.2) is 0 Å². The summed E-state index contributed by atoms with van der Waals surface area (Å²) in [5.74, 6) is -0.770. The lowest BCUT2D eigenvalue weighted by Crippen LogP contribution is -2.24. The maximum absolute atomic E-state index is 11.9. The highest BCUT2D eigenvalue weighted by Gasteiger charge is 2.22. The van der Waals surface area contributed by atoms with Crippen LogP contribution >= 0.6 is 0 Å². The fourth-order valence-corrected chi connectivity index (χ4v) is 1.39. The monoisotopic (exact) mass is 248 g/mol. The highest BCUT2D eigenvalue weighted by Crippen LogP contribution is 2.15. The van der Waals surface area contributed by atoms with Crippen molar-refractivity contribution >= 4 is 17.5 Å². The minimum atomic E-state index is -0.421.